The van der Waals surface area contributed by atoms with E-state index in [2.05, 4.69) is 5.32 Å². The van der Waals surface area contributed by atoms with Gasteiger partial charge in [-0.1, -0.05) is 23.5 Å². The van der Waals surface area contributed by atoms with Gasteiger partial charge in [0.05, 0.1) is 10.2 Å². The van der Waals surface area contributed by atoms with Gasteiger partial charge in [-0.25, -0.2) is 0 Å². The lowest BCUT2D eigenvalue weighted by molar-refractivity contribution is -0.116. The fourth-order valence-electron chi connectivity index (χ4n) is 2.90. The van der Waals surface area contributed by atoms with Crippen LogP contribution in [-0.4, -0.2) is 34.4 Å². The average molecular weight is 383 g/mol. The van der Waals surface area contributed by atoms with Crippen molar-refractivity contribution in [2.45, 2.75) is 20.4 Å². The van der Waals surface area contributed by atoms with Crippen molar-refractivity contribution in [1.29, 1.82) is 0 Å². The number of carbonyl (C=O) groups is 2. The normalized spacial score (nSPS) is 10.7. The molecule has 7 heteroatoms. The van der Waals surface area contributed by atoms with Crippen LogP contribution in [-0.2, 0) is 11.3 Å². The lowest BCUT2D eigenvalue weighted by Gasteiger charge is -2.18. The van der Waals surface area contributed by atoms with Crippen molar-refractivity contribution in [2.24, 2.45) is 0 Å². The maximum atomic E-state index is 12.4. The van der Waals surface area contributed by atoms with Crippen LogP contribution in [0.15, 0.2) is 53.3 Å². The highest BCUT2D eigenvalue weighted by molar-refractivity contribution is 7.16. The Morgan fingerprint density at radius 2 is 1.70 bits per heavy atom. The highest BCUT2D eigenvalue weighted by atomic mass is 32.1. The SMILES string of the molecule is CCN(CC)C(=O)c1ccc(NC(=O)Cn2c(=O)sc3ccccc32)cc1. The van der Waals surface area contributed by atoms with Gasteiger partial charge in [-0.2, -0.15) is 0 Å². The minimum absolute atomic E-state index is 0.0332. The topological polar surface area (TPSA) is 71.4 Å². The zero-order chi connectivity index (χ0) is 19.4. The second-order valence-corrected chi connectivity index (χ2v) is 7.02. The van der Waals surface area contributed by atoms with E-state index in [1.54, 1.807) is 29.2 Å². The predicted molar refractivity (Wildman–Crippen MR) is 108 cm³/mol. The first-order valence-electron chi connectivity index (χ1n) is 8.81. The molecule has 1 aromatic heterocycles. The molecule has 0 atom stereocenters. The number of para-hydroxylation sites is 1. The van der Waals surface area contributed by atoms with Crippen LogP contribution < -0.4 is 10.2 Å². The Morgan fingerprint density at radius 3 is 2.37 bits per heavy atom. The molecule has 1 heterocycles. The molecule has 0 aliphatic rings. The minimum Gasteiger partial charge on any atom is -0.339 e. The maximum absolute atomic E-state index is 12.4. The van der Waals surface area contributed by atoms with Crippen LogP contribution in [0.2, 0.25) is 0 Å². The minimum atomic E-state index is -0.288. The maximum Gasteiger partial charge on any atom is 0.308 e. The summed E-state index contributed by atoms with van der Waals surface area (Å²) in [4.78, 5) is 38.4. The van der Waals surface area contributed by atoms with Crippen molar-refractivity contribution in [3.8, 4) is 0 Å². The summed E-state index contributed by atoms with van der Waals surface area (Å²) < 4.78 is 2.32. The van der Waals surface area contributed by atoms with E-state index in [0.717, 1.165) is 21.6 Å². The number of hydrogen-bond acceptors (Lipinski definition) is 4. The summed E-state index contributed by atoms with van der Waals surface area (Å²) in [5.74, 6) is -0.322. The smallest absolute Gasteiger partial charge is 0.308 e. The van der Waals surface area contributed by atoms with Crippen molar-refractivity contribution in [1.82, 2.24) is 9.47 Å². The van der Waals surface area contributed by atoms with Gasteiger partial charge in [0.15, 0.2) is 0 Å². The molecule has 27 heavy (non-hydrogen) atoms. The summed E-state index contributed by atoms with van der Waals surface area (Å²) in [6.45, 7) is 5.12. The first-order chi connectivity index (χ1) is 13.0. The first kappa shape index (κ1) is 18.8. The molecular formula is C20H21N3O3S. The third-order valence-corrected chi connectivity index (χ3v) is 5.30. The molecule has 0 unspecified atom stereocenters. The van der Waals surface area contributed by atoms with Crippen LogP contribution in [0.25, 0.3) is 10.2 Å². The number of rotatable bonds is 6. The highest BCUT2D eigenvalue weighted by Crippen LogP contribution is 2.17. The Balaban J connectivity index is 1.70. The quantitative estimate of drug-likeness (QED) is 0.711. The average Bonchev–Trinajstić information content (AvgIpc) is 2.98. The summed E-state index contributed by atoms with van der Waals surface area (Å²) in [6.07, 6.45) is 0. The lowest BCUT2D eigenvalue weighted by Crippen LogP contribution is -2.30. The second-order valence-electron chi connectivity index (χ2n) is 6.02. The van der Waals surface area contributed by atoms with E-state index in [-0.39, 0.29) is 23.2 Å². The molecule has 140 valence electrons. The largest absolute Gasteiger partial charge is 0.339 e. The van der Waals surface area contributed by atoms with Gasteiger partial charge in [0.1, 0.15) is 6.54 Å². The number of nitrogens with zero attached hydrogens (tertiary/aromatic N) is 2. The van der Waals surface area contributed by atoms with Crippen LogP contribution in [0.4, 0.5) is 5.69 Å². The molecule has 0 saturated carbocycles. The van der Waals surface area contributed by atoms with Gasteiger partial charge >= 0.3 is 4.87 Å². The van der Waals surface area contributed by atoms with E-state index in [4.69, 9.17) is 0 Å². The van der Waals surface area contributed by atoms with E-state index in [1.165, 1.54) is 4.57 Å². The van der Waals surface area contributed by atoms with E-state index in [0.29, 0.717) is 24.3 Å². The van der Waals surface area contributed by atoms with Gasteiger partial charge < -0.3 is 10.2 Å². The molecule has 0 aliphatic heterocycles. The van der Waals surface area contributed by atoms with Crippen LogP contribution in [0, 0.1) is 0 Å². The summed E-state index contributed by atoms with van der Waals surface area (Å²) in [6, 6.07) is 14.2. The molecule has 0 fully saturated rings. The van der Waals surface area contributed by atoms with Crippen molar-refractivity contribution in [2.75, 3.05) is 18.4 Å². The number of carbonyl (C=O) groups excluding carboxylic acids is 2. The molecule has 0 spiro atoms. The molecule has 6 nitrogen and oxygen atoms in total. The molecule has 3 rings (SSSR count). The highest BCUT2D eigenvalue weighted by Gasteiger charge is 2.13. The van der Waals surface area contributed by atoms with E-state index in [9.17, 15) is 14.4 Å². The number of aromatic nitrogens is 1. The molecular weight excluding hydrogens is 362 g/mol. The van der Waals surface area contributed by atoms with Gasteiger partial charge in [-0.3, -0.25) is 19.0 Å². The number of thiazole rings is 1. The van der Waals surface area contributed by atoms with Crippen molar-refractivity contribution >= 4 is 39.1 Å². The van der Waals surface area contributed by atoms with Crippen molar-refractivity contribution in [3.05, 3.63) is 63.8 Å². The van der Waals surface area contributed by atoms with Gasteiger partial charge in [0.25, 0.3) is 5.91 Å². The van der Waals surface area contributed by atoms with E-state index in [1.807, 2.05) is 38.1 Å². The van der Waals surface area contributed by atoms with Crippen LogP contribution in [0.5, 0.6) is 0 Å². The second kappa shape index (κ2) is 8.18. The summed E-state index contributed by atoms with van der Waals surface area (Å²) in [5.41, 5.74) is 1.92. The zero-order valence-electron chi connectivity index (χ0n) is 15.3. The van der Waals surface area contributed by atoms with Crippen LogP contribution in [0.1, 0.15) is 24.2 Å². The Morgan fingerprint density at radius 1 is 1.04 bits per heavy atom. The molecule has 2 aromatic carbocycles. The number of hydrogen-bond donors (Lipinski definition) is 1. The Labute approximate surface area is 161 Å². The third kappa shape index (κ3) is 4.09. The Bertz CT molecular complexity index is 1020. The van der Waals surface area contributed by atoms with Crippen LogP contribution in [0.3, 0.4) is 0 Å². The van der Waals surface area contributed by atoms with Gasteiger partial charge in [-0.15, -0.1) is 0 Å². The fourth-order valence-corrected chi connectivity index (χ4v) is 3.79. The number of benzene rings is 2. The number of amides is 2. The molecule has 0 radical (unpaired) electrons. The van der Waals surface area contributed by atoms with Crippen molar-refractivity contribution in [3.63, 3.8) is 0 Å². The monoisotopic (exact) mass is 383 g/mol. The standard InChI is InChI=1S/C20H21N3O3S/c1-3-22(4-2)19(25)14-9-11-15(12-10-14)21-18(24)13-23-16-7-5-6-8-17(16)27-20(23)26/h5-12H,3-4,13H2,1-2H3,(H,21,24). The van der Waals surface area contributed by atoms with Gasteiger partial charge in [-0.05, 0) is 50.2 Å². The molecule has 2 amide bonds. The molecule has 3 aromatic rings. The number of anilines is 1. The zero-order valence-corrected chi connectivity index (χ0v) is 16.1. The molecule has 0 bridgehead atoms. The summed E-state index contributed by atoms with van der Waals surface area (Å²) in [7, 11) is 0. The summed E-state index contributed by atoms with van der Waals surface area (Å²) in [5, 5.41) is 2.78. The molecule has 0 aliphatic carbocycles. The molecule has 1 N–H and O–H groups in total. The Kier molecular flexibility index (Phi) is 5.71. The lowest BCUT2D eigenvalue weighted by atomic mass is 10.1. The fraction of sp³-hybridized carbons (Fsp3) is 0.250. The third-order valence-electron chi connectivity index (χ3n) is 4.34. The predicted octanol–water partition coefficient (Wildman–Crippen LogP) is 3.18. The van der Waals surface area contributed by atoms with E-state index < -0.39 is 0 Å². The first-order valence-corrected chi connectivity index (χ1v) is 9.62. The van der Waals surface area contributed by atoms with Crippen molar-refractivity contribution < 1.29 is 9.59 Å². The number of fused-ring (bicyclic) bond motifs is 1. The summed E-state index contributed by atoms with van der Waals surface area (Å²) >= 11 is 1.12. The number of nitrogens with one attached hydrogen (secondary N) is 1. The molecule has 0 saturated heterocycles. The van der Waals surface area contributed by atoms with Gasteiger partial charge in [0.2, 0.25) is 5.91 Å². The van der Waals surface area contributed by atoms with Gasteiger partial charge in [0, 0.05) is 24.3 Å². The van der Waals surface area contributed by atoms with E-state index >= 15 is 0 Å². The van der Waals surface area contributed by atoms with Crippen LogP contribution >= 0.6 is 11.3 Å². The Hall–Kier alpha value is -2.93.